The summed E-state index contributed by atoms with van der Waals surface area (Å²) in [7, 11) is 0. The highest BCUT2D eigenvalue weighted by molar-refractivity contribution is 7.81. The fourth-order valence-electron chi connectivity index (χ4n) is 0.557. The molecule has 0 fully saturated rings. The minimum atomic E-state index is -0.529. The van der Waals surface area contributed by atoms with Gasteiger partial charge >= 0.3 is 5.82 Å². The quantitative estimate of drug-likeness (QED) is 0.322. The fourth-order valence-corrected chi connectivity index (χ4v) is 0.693. The Labute approximate surface area is 62.4 Å². The van der Waals surface area contributed by atoms with Crippen LogP contribution in [0.5, 0.6) is 0 Å². The second-order valence-electron chi connectivity index (χ2n) is 1.75. The monoisotopic (exact) mass is 156 g/mol. The van der Waals surface area contributed by atoms with Gasteiger partial charge in [-0.2, -0.15) is 0 Å². The molecule has 1 heterocycles. The molecule has 0 aromatic carbocycles. The molecule has 0 aliphatic carbocycles. The van der Waals surface area contributed by atoms with Gasteiger partial charge in [-0.1, -0.05) is 12.2 Å². The molecule has 4 nitrogen and oxygen atoms in total. The Morgan fingerprint density at radius 1 is 1.80 bits per heavy atom. The third kappa shape index (κ3) is 1.44. The second kappa shape index (κ2) is 2.66. The maximum absolute atomic E-state index is 10.0. The lowest BCUT2D eigenvalue weighted by atomic mass is 10.3. The topological polar surface area (TPSA) is 55.5 Å². The molecule has 5 heteroatoms. The van der Waals surface area contributed by atoms with E-state index in [-0.39, 0.29) is 5.82 Å². The van der Waals surface area contributed by atoms with Crippen LogP contribution in [0.2, 0.25) is 0 Å². The van der Waals surface area contributed by atoms with Gasteiger partial charge < -0.3 is 10.1 Å². The van der Waals surface area contributed by atoms with Crippen LogP contribution in [0, 0.1) is 10.1 Å². The highest BCUT2D eigenvalue weighted by Gasteiger charge is 2.11. The molecule has 0 saturated heterocycles. The predicted octanol–water partition coefficient (Wildman–Crippen LogP) is 0.949. The predicted molar refractivity (Wildman–Crippen MR) is 40.8 cm³/mol. The van der Waals surface area contributed by atoms with E-state index in [0.717, 1.165) is 0 Å². The van der Waals surface area contributed by atoms with E-state index in [2.05, 4.69) is 4.99 Å². The van der Waals surface area contributed by atoms with Crippen LogP contribution in [0.15, 0.2) is 16.9 Å². The third-order valence-electron chi connectivity index (χ3n) is 1.01. The average molecular weight is 156 g/mol. The molecule has 0 radical (unpaired) electrons. The number of aliphatic imine (C=N–C) groups is 1. The zero-order valence-corrected chi connectivity index (χ0v) is 5.80. The SMILES string of the molecule is O=[N+]([O-])C1=CCC(=S)C=N1. The van der Waals surface area contributed by atoms with Crippen molar-refractivity contribution in [1.29, 1.82) is 0 Å². The summed E-state index contributed by atoms with van der Waals surface area (Å²) in [5, 5.41) is 10.0. The van der Waals surface area contributed by atoms with Gasteiger partial charge in [0.2, 0.25) is 0 Å². The van der Waals surface area contributed by atoms with Crippen LogP contribution in [-0.4, -0.2) is 16.0 Å². The van der Waals surface area contributed by atoms with E-state index in [4.69, 9.17) is 12.2 Å². The van der Waals surface area contributed by atoms with Crippen LogP contribution in [-0.2, 0) is 0 Å². The molecule has 1 aliphatic rings. The van der Waals surface area contributed by atoms with E-state index in [1.54, 1.807) is 0 Å². The molecule has 0 saturated carbocycles. The lowest BCUT2D eigenvalue weighted by Crippen LogP contribution is -2.05. The van der Waals surface area contributed by atoms with Gasteiger partial charge in [0.15, 0.2) is 6.21 Å². The van der Waals surface area contributed by atoms with Gasteiger partial charge in [-0.05, 0) is 9.92 Å². The highest BCUT2D eigenvalue weighted by Crippen LogP contribution is 2.04. The zero-order valence-electron chi connectivity index (χ0n) is 4.98. The largest absolute Gasteiger partial charge is 0.359 e. The first-order chi connectivity index (χ1) is 4.70. The smallest absolute Gasteiger partial charge is 0.358 e. The first-order valence-electron chi connectivity index (χ1n) is 2.61. The molecule has 0 bridgehead atoms. The number of rotatable bonds is 1. The number of nitro groups is 1. The maximum atomic E-state index is 10.0. The molecule has 0 unspecified atom stereocenters. The minimum absolute atomic E-state index is 0.117. The van der Waals surface area contributed by atoms with E-state index in [0.29, 0.717) is 11.3 Å². The molecule has 0 amide bonds. The van der Waals surface area contributed by atoms with Crippen LogP contribution in [0.3, 0.4) is 0 Å². The van der Waals surface area contributed by atoms with E-state index >= 15 is 0 Å². The van der Waals surface area contributed by atoms with E-state index in [9.17, 15) is 10.1 Å². The van der Waals surface area contributed by atoms with E-state index in [1.807, 2.05) is 0 Å². The first-order valence-corrected chi connectivity index (χ1v) is 3.02. The standard InChI is InChI=1S/C5H4N2O2S/c8-7(9)5-2-1-4(10)3-6-5/h2-3H,1H2. The number of nitrogens with zero attached hydrogens (tertiary/aromatic N) is 2. The summed E-state index contributed by atoms with van der Waals surface area (Å²) in [5.74, 6) is -0.117. The molecule has 52 valence electrons. The highest BCUT2D eigenvalue weighted by atomic mass is 32.1. The summed E-state index contributed by atoms with van der Waals surface area (Å²) >= 11 is 4.73. The Balaban J connectivity index is 2.77. The van der Waals surface area contributed by atoms with Crippen LogP contribution >= 0.6 is 12.2 Å². The summed E-state index contributed by atoms with van der Waals surface area (Å²) < 4.78 is 0. The molecular weight excluding hydrogens is 152 g/mol. The van der Waals surface area contributed by atoms with Gasteiger partial charge in [-0.25, -0.2) is 0 Å². The first kappa shape index (κ1) is 7.01. The van der Waals surface area contributed by atoms with Crippen molar-refractivity contribution in [3.63, 3.8) is 0 Å². The Hall–Kier alpha value is -1.10. The van der Waals surface area contributed by atoms with Crippen molar-refractivity contribution in [1.82, 2.24) is 0 Å². The van der Waals surface area contributed by atoms with Crippen molar-refractivity contribution < 1.29 is 4.92 Å². The van der Waals surface area contributed by atoms with E-state index in [1.165, 1.54) is 12.3 Å². The Kier molecular flexibility index (Phi) is 1.86. The zero-order chi connectivity index (χ0) is 7.56. The van der Waals surface area contributed by atoms with Crippen molar-refractivity contribution in [3.05, 3.63) is 22.0 Å². The molecule has 0 N–H and O–H groups in total. The second-order valence-corrected chi connectivity index (χ2v) is 2.27. The minimum Gasteiger partial charge on any atom is -0.358 e. The molecule has 0 spiro atoms. The van der Waals surface area contributed by atoms with Crippen LogP contribution in [0.1, 0.15) is 6.42 Å². The molecule has 1 aliphatic heterocycles. The summed E-state index contributed by atoms with van der Waals surface area (Å²) in [5.41, 5.74) is 0. The molecule has 0 aromatic rings. The number of allylic oxidation sites excluding steroid dienone is 1. The van der Waals surface area contributed by atoms with Crippen LogP contribution in [0.25, 0.3) is 0 Å². The van der Waals surface area contributed by atoms with E-state index < -0.39 is 4.92 Å². The van der Waals surface area contributed by atoms with Crippen LogP contribution < -0.4 is 0 Å². The van der Waals surface area contributed by atoms with Gasteiger partial charge in [-0.3, -0.25) is 0 Å². The summed E-state index contributed by atoms with van der Waals surface area (Å²) in [6.45, 7) is 0. The van der Waals surface area contributed by atoms with Gasteiger partial charge in [0.25, 0.3) is 0 Å². The number of hydrogen-bond donors (Lipinski definition) is 0. The lowest BCUT2D eigenvalue weighted by Gasteiger charge is -1.96. The molecule has 0 aromatic heterocycles. The van der Waals surface area contributed by atoms with Crippen molar-refractivity contribution in [2.75, 3.05) is 0 Å². The Morgan fingerprint density at radius 2 is 2.50 bits per heavy atom. The summed E-state index contributed by atoms with van der Waals surface area (Å²) in [6, 6.07) is 0. The van der Waals surface area contributed by atoms with Gasteiger partial charge in [-0.15, -0.1) is 0 Å². The van der Waals surface area contributed by atoms with Crippen LogP contribution in [0.4, 0.5) is 0 Å². The molecule has 1 rings (SSSR count). The van der Waals surface area contributed by atoms with Gasteiger partial charge in [0, 0.05) is 12.5 Å². The molecular formula is C5H4N2O2S. The Morgan fingerprint density at radius 3 is 2.90 bits per heavy atom. The van der Waals surface area contributed by atoms with Crippen molar-refractivity contribution in [2.24, 2.45) is 4.99 Å². The molecule has 10 heavy (non-hydrogen) atoms. The third-order valence-corrected chi connectivity index (χ3v) is 1.29. The molecule has 0 atom stereocenters. The Bertz CT molecular complexity index is 244. The van der Waals surface area contributed by atoms with Gasteiger partial charge in [0.05, 0.1) is 4.86 Å². The van der Waals surface area contributed by atoms with Gasteiger partial charge in [0.1, 0.15) is 0 Å². The number of hydrogen-bond acceptors (Lipinski definition) is 4. The van der Waals surface area contributed by atoms with Crippen molar-refractivity contribution in [3.8, 4) is 0 Å². The fraction of sp³-hybridized carbons (Fsp3) is 0.200. The normalized spacial score (nSPS) is 16.8. The maximum Gasteiger partial charge on any atom is 0.359 e. The number of thiocarbonyl (C=S) groups is 1. The average Bonchev–Trinajstić information content (AvgIpc) is 1.88. The van der Waals surface area contributed by atoms with Crippen molar-refractivity contribution >= 4 is 23.3 Å². The lowest BCUT2D eigenvalue weighted by molar-refractivity contribution is -0.426. The summed E-state index contributed by atoms with van der Waals surface area (Å²) in [6.07, 6.45) is 3.20. The summed E-state index contributed by atoms with van der Waals surface area (Å²) in [4.78, 5) is 13.6. The van der Waals surface area contributed by atoms with Crippen molar-refractivity contribution in [2.45, 2.75) is 6.42 Å².